The van der Waals surface area contributed by atoms with Crippen molar-refractivity contribution in [3.8, 4) is 0 Å². The number of fused-ring (bicyclic) bond motifs is 7. The molecule has 6 nitrogen and oxygen atoms in total. The third kappa shape index (κ3) is 3.43. The molecule has 6 rings (SSSR count). The summed E-state index contributed by atoms with van der Waals surface area (Å²) in [5.74, 6) is 2.69. The first-order chi connectivity index (χ1) is 18.2. The molecule has 5 fully saturated rings. The van der Waals surface area contributed by atoms with Gasteiger partial charge in [-0.3, -0.25) is 0 Å². The molecule has 11 atom stereocenters. The lowest BCUT2D eigenvalue weighted by atomic mass is 9.32. The normalized spacial score (nSPS) is 53.4. The summed E-state index contributed by atoms with van der Waals surface area (Å²) in [6.07, 6.45) is 13.5. The fourth-order valence-electron chi connectivity index (χ4n) is 12.6. The van der Waals surface area contributed by atoms with E-state index in [0.29, 0.717) is 36.1 Å². The number of hydrogen-bond donors (Lipinski definition) is 2. The van der Waals surface area contributed by atoms with Gasteiger partial charge in [-0.25, -0.2) is 0 Å². The summed E-state index contributed by atoms with van der Waals surface area (Å²) in [6, 6.07) is 0. The molecule has 0 aromatic rings. The topological polar surface area (TPSA) is 82.2 Å². The maximum Gasteiger partial charge on any atom is 0.547 e. The van der Waals surface area contributed by atoms with Gasteiger partial charge >= 0.3 is 6.09 Å². The third-order valence-corrected chi connectivity index (χ3v) is 14.7. The Bertz CT molecular complexity index is 1120. The lowest BCUT2D eigenvalue weighted by Gasteiger charge is -2.73. The summed E-state index contributed by atoms with van der Waals surface area (Å²) in [7, 11) is 0. The minimum Gasteiger partial charge on any atom is -0.433 e. The van der Waals surface area contributed by atoms with Crippen molar-refractivity contribution in [2.75, 3.05) is 6.54 Å². The zero-order valence-corrected chi connectivity index (χ0v) is 25.2. The van der Waals surface area contributed by atoms with E-state index >= 15 is 0 Å². The van der Waals surface area contributed by atoms with Crippen LogP contribution in [0.2, 0.25) is 0 Å². The van der Waals surface area contributed by atoms with Gasteiger partial charge in [0.2, 0.25) is 0 Å². The minimum absolute atomic E-state index is 0.0310. The Labute approximate surface area is 235 Å². The van der Waals surface area contributed by atoms with E-state index in [1.165, 1.54) is 31.3 Å². The summed E-state index contributed by atoms with van der Waals surface area (Å²) in [5.41, 5.74) is 1.92. The molecule has 6 heteroatoms. The van der Waals surface area contributed by atoms with Gasteiger partial charge in [-0.2, -0.15) is 4.79 Å². The molecule has 216 valence electrons. The molecule has 1 heterocycles. The van der Waals surface area contributed by atoms with Crippen molar-refractivity contribution < 1.29 is 19.6 Å². The van der Waals surface area contributed by atoms with Crippen molar-refractivity contribution in [2.45, 2.75) is 112 Å². The largest absolute Gasteiger partial charge is 0.547 e. The van der Waals surface area contributed by atoms with Gasteiger partial charge in [-0.15, -0.1) is 5.11 Å². The number of amides is 1. The molecule has 0 spiro atoms. The van der Waals surface area contributed by atoms with E-state index in [1.54, 1.807) is 12.4 Å². The second kappa shape index (κ2) is 8.50. The van der Waals surface area contributed by atoms with Crippen LogP contribution in [0.15, 0.2) is 34.9 Å². The summed E-state index contributed by atoms with van der Waals surface area (Å²) in [4.78, 5) is 12.6. The van der Waals surface area contributed by atoms with Crippen molar-refractivity contribution >= 4 is 6.09 Å². The van der Waals surface area contributed by atoms with Crippen molar-refractivity contribution in [3.05, 3.63) is 24.6 Å². The summed E-state index contributed by atoms with van der Waals surface area (Å²) in [5, 5.41) is 29.6. The van der Waals surface area contributed by atoms with Crippen LogP contribution >= 0.6 is 0 Å². The Morgan fingerprint density at radius 2 is 1.69 bits per heavy atom. The van der Waals surface area contributed by atoms with Crippen molar-refractivity contribution in [1.82, 2.24) is 0 Å². The highest BCUT2D eigenvalue weighted by Gasteiger charge is 2.72. The zero-order valence-electron chi connectivity index (χ0n) is 25.2. The van der Waals surface area contributed by atoms with Crippen LogP contribution in [-0.4, -0.2) is 33.5 Å². The molecule has 2 unspecified atom stereocenters. The highest BCUT2D eigenvalue weighted by atomic mass is 16.4. The van der Waals surface area contributed by atoms with Gasteiger partial charge in [0.05, 0.1) is 6.10 Å². The number of aliphatic hydroxyl groups excluding tert-OH is 1. The third-order valence-electron chi connectivity index (χ3n) is 14.7. The van der Waals surface area contributed by atoms with E-state index in [0.717, 1.165) is 38.5 Å². The number of aliphatic hydroxyl groups is 1. The standard InChI is InChI=1S/C33H51N3O3/c1-21(2)22-10-15-33(20-36(28(38)39)19-18-34-35-36)17-16-31(6)23(27(22)33)8-9-25-30(5)13-12-26(37)29(3,4)24(30)11-14-32(25,31)7/h18-19,22-27,37H,1,8-17,20H2,2-7H3/p+1/t22-,23+,24-,25?,26-,27+,30-,31+,32+,33+,36?/m0/s1. The van der Waals surface area contributed by atoms with E-state index in [4.69, 9.17) is 0 Å². The average Bonchev–Trinajstić information content (AvgIpc) is 3.48. The van der Waals surface area contributed by atoms with Gasteiger partial charge in [0.1, 0.15) is 12.7 Å². The van der Waals surface area contributed by atoms with Gasteiger partial charge in [-0.05, 0) is 122 Å². The predicted molar refractivity (Wildman–Crippen MR) is 152 cm³/mol. The Balaban J connectivity index is 1.40. The smallest absolute Gasteiger partial charge is 0.433 e. The quantitative estimate of drug-likeness (QED) is 0.280. The first-order valence-corrected chi connectivity index (χ1v) is 15.7. The Kier molecular flexibility index (Phi) is 6.02. The van der Waals surface area contributed by atoms with Crippen LogP contribution in [0.5, 0.6) is 0 Å². The summed E-state index contributed by atoms with van der Waals surface area (Å²) >= 11 is 0. The van der Waals surface area contributed by atoms with Crippen molar-refractivity contribution in [1.29, 1.82) is 0 Å². The molecule has 0 bridgehead atoms. The van der Waals surface area contributed by atoms with Crippen molar-refractivity contribution in [2.24, 2.45) is 67.0 Å². The maximum absolute atomic E-state index is 12.6. The first kappa shape index (κ1) is 27.6. The molecule has 0 aromatic carbocycles. The number of carbonyl (C=O) groups is 1. The van der Waals surface area contributed by atoms with Crippen LogP contribution in [0.25, 0.3) is 0 Å². The van der Waals surface area contributed by atoms with Gasteiger partial charge in [0, 0.05) is 10.6 Å². The number of rotatable bonds is 3. The van der Waals surface area contributed by atoms with Crippen molar-refractivity contribution in [3.63, 3.8) is 0 Å². The lowest BCUT2D eigenvalue weighted by molar-refractivity contribution is -0.823. The van der Waals surface area contributed by atoms with Crippen LogP contribution in [0.3, 0.4) is 0 Å². The molecule has 5 aliphatic carbocycles. The molecule has 0 radical (unpaired) electrons. The van der Waals surface area contributed by atoms with E-state index in [9.17, 15) is 15.0 Å². The average molecular weight is 539 g/mol. The Morgan fingerprint density at radius 3 is 2.33 bits per heavy atom. The molecule has 2 N–H and O–H groups in total. The molecule has 1 amide bonds. The fourth-order valence-corrected chi connectivity index (χ4v) is 12.6. The van der Waals surface area contributed by atoms with Gasteiger partial charge in [0.25, 0.3) is 0 Å². The fraction of sp³-hybridized carbons (Fsp3) is 0.848. The molecule has 0 saturated heterocycles. The summed E-state index contributed by atoms with van der Waals surface area (Å²) < 4.78 is -0.403. The molecular formula is C33H52N3O3+. The zero-order chi connectivity index (χ0) is 28.2. The van der Waals surface area contributed by atoms with Gasteiger partial charge < -0.3 is 10.2 Å². The van der Waals surface area contributed by atoms with Gasteiger partial charge in [0.15, 0.2) is 6.20 Å². The number of allylic oxidation sites excluding steroid dienone is 1. The van der Waals surface area contributed by atoms with E-state index in [-0.39, 0.29) is 33.2 Å². The molecule has 6 aliphatic rings. The van der Waals surface area contributed by atoms with E-state index in [2.05, 4.69) is 58.5 Å². The molecule has 5 saturated carbocycles. The van der Waals surface area contributed by atoms with Crippen LogP contribution in [0, 0.1) is 56.7 Å². The van der Waals surface area contributed by atoms with Crippen LogP contribution in [0.1, 0.15) is 106 Å². The van der Waals surface area contributed by atoms with Crippen LogP contribution in [0.4, 0.5) is 4.79 Å². The molecule has 0 aromatic heterocycles. The second-order valence-corrected chi connectivity index (χ2v) is 16.2. The molecular weight excluding hydrogens is 486 g/mol. The predicted octanol–water partition coefficient (Wildman–Crippen LogP) is 8.35. The lowest BCUT2D eigenvalue weighted by Crippen LogP contribution is -2.67. The van der Waals surface area contributed by atoms with E-state index < -0.39 is 10.7 Å². The first-order valence-electron chi connectivity index (χ1n) is 15.7. The molecule has 1 aliphatic heterocycles. The highest BCUT2D eigenvalue weighted by Crippen LogP contribution is 2.77. The number of quaternary nitrogens is 1. The Morgan fingerprint density at radius 1 is 0.949 bits per heavy atom. The maximum atomic E-state index is 12.6. The van der Waals surface area contributed by atoms with Crippen LogP contribution in [-0.2, 0) is 0 Å². The van der Waals surface area contributed by atoms with Crippen LogP contribution < -0.4 is 0 Å². The van der Waals surface area contributed by atoms with E-state index in [1.807, 2.05) is 0 Å². The molecule has 39 heavy (non-hydrogen) atoms. The highest BCUT2D eigenvalue weighted by molar-refractivity contribution is 5.57. The minimum atomic E-state index is -0.920. The second-order valence-electron chi connectivity index (χ2n) is 16.2. The number of hydrogen-bond acceptors (Lipinski definition) is 4. The Hall–Kier alpha value is -1.53. The monoisotopic (exact) mass is 538 g/mol. The summed E-state index contributed by atoms with van der Waals surface area (Å²) in [6.45, 7) is 19.7. The number of nitrogens with zero attached hydrogens (tertiary/aromatic N) is 3. The number of carboxylic acid groups (broad SMARTS) is 1. The SMILES string of the molecule is C=C(C)[C@@H]1CC[C@]2(C[N+]3(C(=O)O)C=CN=N3)CC[C@]3(C)[C@H](CCC4[C@@]5(C)CC[C@H](O)C(C)(C)[C@@H]5CC[C@]43C)[C@@H]12. The van der Waals surface area contributed by atoms with Gasteiger partial charge in [-0.1, -0.05) is 51.4 Å².